The second-order valence-corrected chi connectivity index (χ2v) is 5.73. The summed E-state index contributed by atoms with van der Waals surface area (Å²) in [6, 6.07) is 0. The molecule has 0 aliphatic heterocycles. The predicted octanol–water partition coefficient (Wildman–Crippen LogP) is 0.117. The van der Waals surface area contributed by atoms with E-state index in [1.165, 1.54) is 70.6 Å². The Labute approximate surface area is 166 Å². The molecule has 0 unspecified atom stereocenters. The second kappa shape index (κ2) is 23.8. The van der Waals surface area contributed by atoms with Crippen molar-refractivity contribution >= 4 is 5.97 Å². The zero-order valence-corrected chi connectivity index (χ0v) is 17.5. The fourth-order valence-corrected chi connectivity index (χ4v) is 2.35. The fraction of sp³-hybridized carbons (Fsp3) is 0.833. The molecule has 0 atom stereocenters. The minimum absolute atomic E-state index is 0. The number of allylic oxidation sites excluding steroid dienone is 2. The fourth-order valence-electron chi connectivity index (χ4n) is 2.35. The van der Waals surface area contributed by atoms with Crippen molar-refractivity contribution < 1.29 is 51.9 Å². The van der Waals surface area contributed by atoms with Crippen LogP contribution in [0.4, 0.5) is 0 Å². The molecule has 126 valence electrons. The van der Waals surface area contributed by atoms with Crippen molar-refractivity contribution in [1.82, 2.24) is 0 Å². The van der Waals surface area contributed by atoms with Crippen LogP contribution in [0, 0.1) is 0 Å². The Morgan fingerprint density at radius 1 is 0.773 bits per heavy atom. The molecular weight excluding hydrogens is 307 g/mol. The van der Waals surface area contributed by atoms with E-state index < -0.39 is 5.97 Å². The van der Waals surface area contributed by atoms with Gasteiger partial charge in [-0.05, 0) is 32.1 Å². The maximum Gasteiger partial charge on any atom is 1.00 e. The van der Waals surface area contributed by atoms with E-state index in [1.807, 2.05) is 0 Å². The summed E-state index contributed by atoms with van der Waals surface area (Å²) >= 11 is 0. The molecule has 4 heteroatoms. The van der Waals surface area contributed by atoms with E-state index in [1.54, 1.807) is 0 Å². The van der Waals surface area contributed by atoms with Gasteiger partial charge in [0.1, 0.15) is 0 Å². The number of rotatable bonds is 15. The van der Waals surface area contributed by atoms with Gasteiger partial charge in [0.25, 0.3) is 0 Å². The van der Waals surface area contributed by atoms with Crippen LogP contribution in [0.25, 0.3) is 0 Å². The topological polar surface area (TPSA) is 37.3 Å². The summed E-state index contributed by atoms with van der Waals surface area (Å²) in [7, 11) is 0. The molecule has 0 amide bonds. The number of hydrogen-bond donors (Lipinski definition) is 1. The van der Waals surface area contributed by atoms with Crippen LogP contribution in [0.1, 0.15) is 96.8 Å². The minimum Gasteiger partial charge on any atom is -1.00 e. The van der Waals surface area contributed by atoms with Crippen LogP contribution >= 0.6 is 0 Å². The van der Waals surface area contributed by atoms with E-state index >= 15 is 0 Å². The molecule has 0 radical (unpaired) electrons. The number of carbonyl (C=O) groups is 1. The Morgan fingerprint density at radius 3 is 1.64 bits per heavy atom. The molecule has 0 aliphatic carbocycles. The Bertz CT molecular complexity index is 245. The van der Waals surface area contributed by atoms with Crippen LogP contribution in [-0.4, -0.2) is 11.1 Å². The summed E-state index contributed by atoms with van der Waals surface area (Å²) in [6.07, 6.45) is 21.2. The van der Waals surface area contributed by atoms with Crippen molar-refractivity contribution in [3.05, 3.63) is 12.2 Å². The molecule has 0 fully saturated rings. The standard InChI is InChI=1S/C18H34O2.ClH.Na/c1-2-3-4-5-6-7-8-9-10-11-12-13-14-15-16-17-18(19)20;;/h9-10H,2-8,11-17H2,1H3,(H,19,20);1H;/q;;+1/p-1/b10-9-;;. The number of carboxylic acids is 1. The first-order valence-corrected chi connectivity index (χ1v) is 8.64. The van der Waals surface area contributed by atoms with Gasteiger partial charge in [0.15, 0.2) is 0 Å². The maximum absolute atomic E-state index is 10.3. The van der Waals surface area contributed by atoms with Gasteiger partial charge in [0.05, 0.1) is 0 Å². The Hall–Kier alpha value is 0.500. The molecule has 0 aliphatic rings. The third-order valence-corrected chi connectivity index (χ3v) is 3.65. The Balaban J connectivity index is -0.00000180. The van der Waals surface area contributed by atoms with Crippen molar-refractivity contribution in [2.24, 2.45) is 0 Å². The van der Waals surface area contributed by atoms with Crippen LogP contribution in [0.3, 0.4) is 0 Å². The average molecular weight is 341 g/mol. The van der Waals surface area contributed by atoms with E-state index in [0.29, 0.717) is 6.42 Å². The number of hydrogen-bond acceptors (Lipinski definition) is 1. The molecule has 2 nitrogen and oxygen atoms in total. The van der Waals surface area contributed by atoms with Gasteiger partial charge in [-0.1, -0.05) is 70.4 Å². The van der Waals surface area contributed by atoms with E-state index in [4.69, 9.17) is 5.11 Å². The Kier molecular flexibility index (Phi) is 29.5. The van der Waals surface area contributed by atoms with Gasteiger partial charge in [-0.3, -0.25) is 4.79 Å². The van der Waals surface area contributed by atoms with Gasteiger partial charge >= 0.3 is 35.5 Å². The van der Waals surface area contributed by atoms with Crippen molar-refractivity contribution in [3.63, 3.8) is 0 Å². The van der Waals surface area contributed by atoms with Crippen LogP contribution in [0.15, 0.2) is 12.2 Å². The summed E-state index contributed by atoms with van der Waals surface area (Å²) in [5.74, 6) is -0.664. The van der Waals surface area contributed by atoms with Gasteiger partial charge in [0.2, 0.25) is 0 Å². The van der Waals surface area contributed by atoms with Gasteiger partial charge in [-0.15, -0.1) is 0 Å². The molecule has 0 heterocycles. The average Bonchev–Trinajstić information content (AvgIpc) is 2.43. The SMILES string of the molecule is CCCCCCCC/C=C\CCCCCCCC(=O)O.[Cl-].[Na+]. The summed E-state index contributed by atoms with van der Waals surface area (Å²) in [5.41, 5.74) is 0. The first kappa shape index (κ1) is 27.4. The molecule has 0 saturated carbocycles. The number of carboxylic acid groups (broad SMARTS) is 1. The molecule has 0 aromatic rings. The van der Waals surface area contributed by atoms with Gasteiger partial charge in [-0.25, -0.2) is 0 Å². The van der Waals surface area contributed by atoms with Crippen LogP contribution < -0.4 is 42.0 Å². The number of aliphatic carboxylic acids is 1. The molecular formula is C18H34ClNaO2. The van der Waals surface area contributed by atoms with Crippen molar-refractivity contribution in [3.8, 4) is 0 Å². The minimum atomic E-state index is -0.664. The zero-order chi connectivity index (χ0) is 14.9. The molecule has 0 bridgehead atoms. The molecule has 0 rings (SSSR count). The number of unbranched alkanes of at least 4 members (excludes halogenated alkanes) is 11. The summed E-state index contributed by atoms with van der Waals surface area (Å²) in [5, 5.41) is 8.51. The zero-order valence-electron chi connectivity index (χ0n) is 14.8. The Morgan fingerprint density at radius 2 is 1.18 bits per heavy atom. The normalized spacial score (nSPS) is 10.2. The summed E-state index contributed by atoms with van der Waals surface area (Å²) < 4.78 is 0. The third-order valence-electron chi connectivity index (χ3n) is 3.65. The first-order valence-electron chi connectivity index (χ1n) is 8.64. The van der Waals surface area contributed by atoms with Crippen LogP contribution in [0.5, 0.6) is 0 Å². The molecule has 0 saturated heterocycles. The van der Waals surface area contributed by atoms with E-state index in [0.717, 1.165) is 12.8 Å². The predicted molar refractivity (Wildman–Crippen MR) is 87.1 cm³/mol. The summed E-state index contributed by atoms with van der Waals surface area (Å²) in [4.78, 5) is 10.3. The van der Waals surface area contributed by atoms with Crippen molar-refractivity contribution in [2.45, 2.75) is 96.8 Å². The molecule has 22 heavy (non-hydrogen) atoms. The quantitative estimate of drug-likeness (QED) is 0.261. The first-order chi connectivity index (χ1) is 9.77. The maximum atomic E-state index is 10.3. The van der Waals surface area contributed by atoms with E-state index in [2.05, 4.69) is 19.1 Å². The molecule has 1 N–H and O–H groups in total. The van der Waals surface area contributed by atoms with Gasteiger partial charge in [-0.2, -0.15) is 0 Å². The van der Waals surface area contributed by atoms with E-state index in [-0.39, 0.29) is 42.0 Å². The van der Waals surface area contributed by atoms with Crippen molar-refractivity contribution in [2.75, 3.05) is 0 Å². The van der Waals surface area contributed by atoms with Crippen molar-refractivity contribution in [1.29, 1.82) is 0 Å². The van der Waals surface area contributed by atoms with Gasteiger partial charge in [0, 0.05) is 6.42 Å². The number of halogens is 1. The van der Waals surface area contributed by atoms with Gasteiger partial charge < -0.3 is 17.5 Å². The third kappa shape index (κ3) is 25.5. The largest absolute Gasteiger partial charge is 1.00 e. The second-order valence-electron chi connectivity index (χ2n) is 5.73. The molecule has 0 spiro atoms. The van der Waals surface area contributed by atoms with Crippen LogP contribution in [0.2, 0.25) is 0 Å². The summed E-state index contributed by atoms with van der Waals surface area (Å²) in [6.45, 7) is 2.26. The monoisotopic (exact) mass is 340 g/mol. The smallest absolute Gasteiger partial charge is 1.00 e. The van der Waals surface area contributed by atoms with Crippen LogP contribution in [-0.2, 0) is 4.79 Å². The molecule has 0 aromatic heterocycles. The van der Waals surface area contributed by atoms with E-state index in [9.17, 15) is 4.79 Å². The molecule has 0 aromatic carbocycles.